The van der Waals surface area contributed by atoms with Crippen LogP contribution in [0.5, 0.6) is 17.2 Å². The number of fused-ring (bicyclic) bond motifs is 1. The summed E-state index contributed by atoms with van der Waals surface area (Å²) in [4.78, 5) is 32.2. The highest BCUT2D eigenvalue weighted by Crippen LogP contribution is 2.33. The number of hydrogen-bond acceptors (Lipinski definition) is 7. The summed E-state index contributed by atoms with van der Waals surface area (Å²) in [5.41, 5.74) is 1.59. The van der Waals surface area contributed by atoms with Gasteiger partial charge in [0.2, 0.25) is 12.7 Å². The molecule has 3 aliphatic heterocycles. The first kappa shape index (κ1) is 24.4. The number of carbonyl (C=O) groups excluding carboxylic acids is 2. The highest BCUT2D eigenvalue weighted by Gasteiger charge is 2.29. The number of benzene rings is 2. The summed E-state index contributed by atoms with van der Waals surface area (Å²) < 4.78 is 22.0. The van der Waals surface area contributed by atoms with Gasteiger partial charge in [0.05, 0.1) is 26.2 Å². The van der Waals surface area contributed by atoms with Crippen LogP contribution in [0.15, 0.2) is 42.5 Å². The zero-order chi connectivity index (χ0) is 24.9. The fourth-order valence-corrected chi connectivity index (χ4v) is 4.95. The molecule has 2 amide bonds. The summed E-state index contributed by atoms with van der Waals surface area (Å²) in [5, 5.41) is 0. The van der Waals surface area contributed by atoms with E-state index >= 15 is 0 Å². The zero-order valence-electron chi connectivity index (χ0n) is 20.7. The summed E-state index contributed by atoms with van der Waals surface area (Å²) in [6.45, 7) is 5.71. The van der Waals surface area contributed by atoms with Gasteiger partial charge in [-0.05, 0) is 48.9 Å². The van der Waals surface area contributed by atoms with Crippen LogP contribution in [0.25, 0.3) is 0 Å². The number of nitrogens with zero attached hydrogens (tertiary/aromatic N) is 3. The number of hydrogen-bond donors (Lipinski definition) is 0. The quantitative estimate of drug-likeness (QED) is 0.607. The molecular formula is C27H33N3O6. The monoisotopic (exact) mass is 495 g/mol. The lowest BCUT2D eigenvalue weighted by atomic mass is 10.1. The van der Waals surface area contributed by atoms with Gasteiger partial charge in [-0.25, -0.2) is 0 Å². The average Bonchev–Trinajstić information content (AvgIpc) is 3.26. The molecule has 3 heterocycles. The smallest absolute Gasteiger partial charge is 0.254 e. The first-order valence-corrected chi connectivity index (χ1v) is 12.5. The van der Waals surface area contributed by atoms with E-state index in [-0.39, 0.29) is 24.7 Å². The van der Waals surface area contributed by atoms with Gasteiger partial charge in [-0.2, -0.15) is 0 Å². The van der Waals surface area contributed by atoms with Crippen LogP contribution >= 0.6 is 0 Å². The fourth-order valence-electron chi connectivity index (χ4n) is 4.95. The molecule has 9 nitrogen and oxygen atoms in total. The van der Waals surface area contributed by atoms with E-state index < -0.39 is 0 Å². The van der Waals surface area contributed by atoms with Crippen LogP contribution < -0.4 is 14.2 Å². The molecule has 0 aromatic heterocycles. The van der Waals surface area contributed by atoms with Crippen molar-refractivity contribution in [3.63, 3.8) is 0 Å². The predicted octanol–water partition coefficient (Wildman–Crippen LogP) is 2.04. The number of amides is 2. The summed E-state index contributed by atoms with van der Waals surface area (Å²) in [6.07, 6.45) is 1.26. The van der Waals surface area contributed by atoms with Gasteiger partial charge >= 0.3 is 0 Å². The minimum atomic E-state index is -0.0572. The van der Waals surface area contributed by atoms with Crippen molar-refractivity contribution < 1.29 is 28.5 Å². The van der Waals surface area contributed by atoms with Gasteiger partial charge < -0.3 is 28.7 Å². The summed E-state index contributed by atoms with van der Waals surface area (Å²) >= 11 is 0. The molecule has 0 aliphatic carbocycles. The van der Waals surface area contributed by atoms with Crippen molar-refractivity contribution in [2.75, 3.05) is 66.3 Å². The van der Waals surface area contributed by atoms with Gasteiger partial charge in [-0.1, -0.05) is 12.1 Å². The Labute approximate surface area is 211 Å². The molecule has 192 valence electrons. The fraction of sp³-hybridized carbons (Fsp3) is 0.481. The molecule has 2 saturated heterocycles. The SMILES string of the molecule is COc1ccc(CC(=O)N2CCCN(CC3CN(C(=O)c4ccc5c(c4)OCO5)CCO3)CC2)cc1. The van der Waals surface area contributed by atoms with E-state index in [0.29, 0.717) is 49.7 Å². The lowest BCUT2D eigenvalue weighted by Gasteiger charge is -2.35. The molecular weight excluding hydrogens is 462 g/mol. The van der Waals surface area contributed by atoms with Crippen LogP contribution in [0.2, 0.25) is 0 Å². The second-order valence-corrected chi connectivity index (χ2v) is 9.37. The third kappa shape index (κ3) is 5.74. The molecule has 1 unspecified atom stereocenters. The van der Waals surface area contributed by atoms with Crippen molar-refractivity contribution >= 4 is 11.8 Å². The maximum absolute atomic E-state index is 13.1. The molecule has 0 N–H and O–H groups in total. The second-order valence-electron chi connectivity index (χ2n) is 9.37. The number of methoxy groups -OCH3 is 1. The third-order valence-corrected chi connectivity index (χ3v) is 6.96. The molecule has 2 aromatic carbocycles. The van der Waals surface area contributed by atoms with Crippen molar-refractivity contribution in [2.45, 2.75) is 18.9 Å². The third-order valence-electron chi connectivity index (χ3n) is 6.96. The maximum Gasteiger partial charge on any atom is 0.254 e. The molecule has 2 aromatic rings. The van der Waals surface area contributed by atoms with Gasteiger partial charge in [0.1, 0.15) is 5.75 Å². The number of carbonyl (C=O) groups is 2. The Kier molecular flexibility index (Phi) is 7.58. The predicted molar refractivity (Wildman–Crippen MR) is 133 cm³/mol. The Balaban J connectivity index is 1.11. The summed E-state index contributed by atoms with van der Waals surface area (Å²) in [5.74, 6) is 2.20. The van der Waals surface area contributed by atoms with E-state index in [1.807, 2.05) is 34.1 Å². The van der Waals surface area contributed by atoms with E-state index in [1.54, 1.807) is 25.3 Å². The maximum atomic E-state index is 13.1. The molecule has 2 fully saturated rings. The lowest BCUT2D eigenvalue weighted by Crippen LogP contribution is -2.50. The Hall–Kier alpha value is -3.30. The van der Waals surface area contributed by atoms with E-state index in [9.17, 15) is 9.59 Å². The Morgan fingerprint density at radius 1 is 0.944 bits per heavy atom. The van der Waals surface area contributed by atoms with Gasteiger partial charge in [0.25, 0.3) is 5.91 Å². The molecule has 0 radical (unpaired) electrons. The minimum Gasteiger partial charge on any atom is -0.497 e. The number of ether oxygens (including phenoxy) is 4. The summed E-state index contributed by atoms with van der Waals surface area (Å²) in [7, 11) is 1.64. The van der Waals surface area contributed by atoms with Crippen molar-refractivity contribution in [1.29, 1.82) is 0 Å². The lowest BCUT2D eigenvalue weighted by molar-refractivity contribution is -0.130. The molecule has 36 heavy (non-hydrogen) atoms. The Morgan fingerprint density at radius 2 is 1.78 bits per heavy atom. The van der Waals surface area contributed by atoms with E-state index in [0.717, 1.165) is 43.9 Å². The van der Waals surface area contributed by atoms with Crippen molar-refractivity contribution in [2.24, 2.45) is 0 Å². The molecule has 9 heteroatoms. The highest BCUT2D eigenvalue weighted by molar-refractivity contribution is 5.95. The first-order valence-electron chi connectivity index (χ1n) is 12.5. The highest BCUT2D eigenvalue weighted by atomic mass is 16.7. The van der Waals surface area contributed by atoms with E-state index in [4.69, 9.17) is 18.9 Å². The molecule has 1 atom stereocenters. The molecule has 0 spiro atoms. The van der Waals surface area contributed by atoms with E-state index in [1.165, 1.54) is 0 Å². The molecule has 3 aliphatic rings. The summed E-state index contributed by atoms with van der Waals surface area (Å²) in [6, 6.07) is 13.0. The topological polar surface area (TPSA) is 80.8 Å². The van der Waals surface area contributed by atoms with Crippen molar-refractivity contribution in [3.8, 4) is 17.2 Å². The molecule has 0 bridgehead atoms. The normalized spacial score (nSPS) is 20.2. The number of rotatable bonds is 6. The Morgan fingerprint density at radius 3 is 2.61 bits per heavy atom. The largest absolute Gasteiger partial charge is 0.497 e. The number of morpholine rings is 1. The standard InChI is InChI=1S/C27H33N3O6/c1-33-22-6-3-20(4-7-22)15-26(31)29-10-2-9-28(11-12-29)17-23-18-30(13-14-34-23)27(32)21-5-8-24-25(16-21)36-19-35-24/h3-8,16,23H,2,9-15,17-19H2,1H3. The van der Waals surface area contributed by atoms with E-state index in [2.05, 4.69) is 4.90 Å². The Bertz CT molecular complexity index is 1080. The van der Waals surface area contributed by atoms with Crippen molar-refractivity contribution in [1.82, 2.24) is 14.7 Å². The van der Waals surface area contributed by atoms with Gasteiger partial charge in [0, 0.05) is 44.8 Å². The van der Waals surface area contributed by atoms with Gasteiger partial charge in [-0.3, -0.25) is 14.5 Å². The van der Waals surface area contributed by atoms with Crippen LogP contribution in [0, 0.1) is 0 Å². The van der Waals surface area contributed by atoms with Gasteiger partial charge in [0.15, 0.2) is 11.5 Å². The van der Waals surface area contributed by atoms with Crippen LogP contribution in [0.1, 0.15) is 22.3 Å². The van der Waals surface area contributed by atoms with Crippen LogP contribution in [-0.4, -0.2) is 98.9 Å². The van der Waals surface area contributed by atoms with Crippen LogP contribution in [0.4, 0.5) is 0 Å². The average molecular weight is 496 g/mol. The first-order chi connectivity index (χ1) is 17.6. The second kappa shape index (κ2) is 11.2. The van der Waals surface area contributed by atoms with Crippen molar-refractivity contribution in [3.05, 3.63) is 53.6 Å². The zero-order valence-corrected chi connectivity index (χ0v) is 20.7. The van der Waals surface area contributed by atoms with Gasteiger partial charge in [-0.15, -0.1) is 0 Å². The molecule has 5 rings (SSSR count). The van der Waals surface area contributed by atoms with Crippen LogP contribution in [-0.2, 0) is 16.0 Å². The van der Waals surface area contributed by atoms with Crippen LogP contribution in [0.3, 0.4) is 0 Å². The minimum absolute atomic E-state index is 0.0206. The molecule has 0 saturated carbocycles.